The van der Waals surface area contributed by atoms with Crippen LogP contribution in [0, 0.1) is 0 Å². The van der Waals surface area contributed by atoms with Crippen LogP contribution in [0.1, 0.15) is 15.9 Å². The minimum atomic E-state index is -0.364. The van der Waals surface area contributed by atoms with E-state index >= 15 is 0 Å². The summed E-state index contributed by atoms with van der Waals surface area (Å²) < 4.78 is 6.67. The summed E-state index contributed by atoms with van der Waals surface area (Å²) in [6.07, 6.45) is 3.22. The molecule has 0 aliphatic carbocycles. The molecule has 0 unspecified atom stereocenters. The van der Waals surface area contributed by atoms with Crippen molar-refractivity contribution in [3.05, 3.63) is 72.3 Å². The van der Waals surface area contributed by atoms with Crippen LogP contribution in [-0.4, -0.2) is 40.4 Å². The molecule has 4 aromatic rings. The van der Waals surface area contributed by atoms with Crippen LogP contribution in [0.2, 0.25) is 0 Å². The van der Waals surface area contributed by atoms with Crippen LogP contribution >= 0.6 is 0 Å². The first kappa shape index (κ1) is 19.1. The summed E-state index contributed by atoms with van der Waals surface area (Å²) in [6.45, 7) is 3.93. The van der Waals surface area contributed by atoms with Gasteiger partial charge in [0.25, 0.3) is 5.91 Å². The van der Waals surface area contributed by atoms with Gasteiger partial charge in [-0.25, -0.2) is 9.97 Å². The summed E-state index contributed by atoms with van der Waals surface area (Å²) in [5, 5.41) is 7.22. The summed E-state index contributed by atoms with van der Waals surface area (Å²) in [4.78, 5) is 22.0. The number of rotatable bonds is 6. The number of anilines is 1. The van der Waals surface area contributed by atoms with Crippen LogP contribution in [-0.2, 0) is 0 Å². The third kappa shape index (κ3) is 3.46. The van der Waals surface area contributed by atoms with E-state index in [0.717, 1.165) is 5.56 Å². The molecule has 1 amide bonds. The molecule has 0 atom stereocenters. The van der Waals surface area contributed by atoms with Gasteiger partial charge in [0.1, 0.15) is 22.6 Å². The standard InChI is InChI=1S/C22H20N6O2/c1-3-11-24-22(29)18-19-21(27-17-10-5-4-9-16(17)26-19)28(20(18)23)25-13-14-7-6-8-15(12-14)30-2/h3-10,12-13H,1,11,23H2,2H3,(H,24,29)/b25-13+. The number of hydrogen-bond donors (Lipinski definition) is 2. The van der Waals surface area contributed by atoms with Crippen molar-refractivity contribution in [1.82, 2.24) is 20.0 Å². The van der Waals surface area contributed by atoms with Crippen molar-refractivity contribution in [2.45, 2.75) is 0 Å². The van der Waals surface area contributed by atoms with Crippen LogP contribution in [0.5, 0.6) is 5.75 Å². The number of aromatic nitrogens is 3. The van der Waals surface area contributed by atoms with E-state index in [1.54, 1.807) is 19.4 Å². The van der Waals surface area contributed by atoms with Crippen molar-refractivity contribution < 1.29 is 9.53 Å². The average molecular weight is 400 g/mol. The number of ether oxygens (including phenoxy) is 1. The quantitative estimate of drug-likeness (QED) is 0.382. The van der Waals surface area contributed by atoms with E-state index in [2.05, 4.69) is 27.0 Å². The predicted octanol–water partition coefficient (Wildman–Crippen LogP) is 2.97. The van der Waals surface area contributed by atoms with E-state index < -0.39 is 0 Å². The number of nitrogen functional groups attached to an aromatic ring is 1. The Morgan fingerprint density at radius 1 is 1.23 bits per heavy atom. The zero-order valence-electron chi connectivity index (χ0n) is 16.4. The number of nitrogens with one attached hydrogen (secondary N) is 1. The average Bonchev–Trinajstić information content (AvgIpc) is 3.04. The normalized spacial score (nSPS) is 11.2. The van der Waals surface area contributed by atoms with Gasteiger partial charge in [0, 0.05) is 6.54 Å². The minimum absolute atomic E-state index is 0.154. The Balaban J connectivity index is 1.90. The van der Waals surface area contributed by atoms with Gasteiger partial charge in [-0.3, -0.25) is 4.79 Å². The van der Waals surface area contributed by atoms with Crippen molar-refractivity contribution in [2.75, 3.05) is 19.4 Å². The van der Waals surface area contributed by atoms with Crippen LogP contribution in [0.15, 0.2) is 66.3 Å². The molecule has 2 heterocycles. The van der Waals surface area contributed by atoms with Gasteiger partial charge in [0.15, 0.2) is 5.65 Å². The number of fused-ring (bicyclic) bond motifs is 2. The Hall–Kier alpha value is -4.20. The van der Waals surface area contributed by atoms with E-state index in [1.807, 2.05) is 48.5 Å². The number of para-hydroxylation sites is 2. The molecular weight excluding hydrogens is 380 g/mol. The molecule has 0 saturated carbocycles. The zero-order valence-corrected chi connectivity index (χ0v) is 16.4. The van der Waals surface area contributed by atoms with Gasteiger partial charge in [-0.05, 0) is 29.8 Å². The molecule has 8 nitrogen and oxygen atoms in total. The fourth-order valence-corrected chi connectivity index (χ4v) is 3.09. The second kappa shape index (κ2) is 8.04. The summed E-state index contributed by atoms with van der Waals surface area (Å²) in [5.41, 5.74) is 9.49. The number of hydrogen-bond acceptors (Lipinski definition) is 6. The number of amides is 1. The molecule has 0 spiro atoms. The van der Waals surface area contributed by atoms with E-state index in [9.17, 15) is 4.79 Å². The molecule has 0 saturated heterocycles. The lowest BCUT2D eigenvalue weighted by molar-refractivity contribution is 0.0960. The zero-order chi connectivity index (χ0) is 21.1. The minimum Gasteiger partial charge on any atom is -0.497 e. The lowest BCUT2D eigenvalue weighted by Gasteiger charge is -2.03. The van der Waals surface area contributed by atoms with Crippen molar-refractivity contribution >= 4 is 40.1 Å². The summed E-state index contributed by atoms with van der Waals surface area (Å²) in [5.74, 6) is 0.498. The fraction of sp³-hybridized carbons (Fsp3) is 0.0909. The maximum atomic E-state index is 12.8. The summed E-state index contributed by atoms with van der Waals surface area (Å²) in [7, 11) is 1.60. The number of nitrogens with zero attached hydrogens (tertiary/aromatic N) is 4. The predicted molar refractivity (Wildman–Crippen MR) is 118 cm³/mol. The Kier molecular flexibility index (Phi) is 5.13. The monoisotopic (exact) mass is 400 g/mol. The first-order chi connectivity index (χ1) is 14.6. The third-order valence-electron chi connectivity index (χ3n) is 4.52. The molecule has 8 heteroatoms. The van der Waals surface area contributed by atoms with E-state index in [1.165, 1.54) is 4.68 Å². The van der Waals surface area contributed by atoms with Gasteiger partial charge >= 0.3 is 0 Å². The lowest BCUT2D eigenvalue weighted by Crippen LogP contribution is -2.24. The van der Waals surface area contributed by atoms with Crippen LogP contribution in [0.4, 0.5) is 5.82 Å². The van der Waals surface area contributed by atoms with Gasteiger partial charge in [0.05, 0.1) is 24.4 Å². The Morgan fingerprint density at radius 2 is 2.00 bits per heavy atom. The van der Waals surface area contributed by atoms with E-state index in [4.69, 9.17) is 10.5 Å². The number of carbonyl (C=O) groups excluding carboxylic acids is 1. The van der Waals surface area contributed by atoms with Crippen molar-refractivity contribution in [3.63, 3.8) is 0 Å². The topological polar surface area (TPSA) is 107 Å². The molecule has 2 aromatic heterocycles. The highest BCUT2D eigenvalue weighted by Crippen LogP contribution is 2.27. The SMILES string of the molecule is C=CCNC(=O)c1c(N)n(/N=C/c2cccc(OC)c2)c2nc3ccccc3nc12. The Labute approximate surface area is 172 Å². The molecular formula is C22H20N6O2. The first-order valence-corrected chi connectivity index (χ1v) is 9.26. The summed E-state index contributed by atoms with van der Waals surface area (Å²) in [6, 6.07) is 14.8. The van der Waals surface area contributed by atoms with Crippen molar-refractivity contribution in [3.8, 4) is 5.75 Å². The molecule has 2 aromatic carbocycles. The number of nitrogens with two attached hydrogens (primary N) is 1. The highest BCUT2D eigenvalue weighted by Gasteiger charge is 2.23. The van der Waals surface area contributed by atoms with Gasteiger partial charge < -0.3 is 15.8 Å². The van der Waals surface area contributed by atoms with Crippen LogP contribution < -0.4 is 15.8 Å². The van der Waals surface area contributed by atoms with Crippen molar-refractivity contribution in [1.29, 1.82) is 0 Å². The molecule has 30 heavy (non-hydrogen) atoms. The van der Waals surface area contributed by atoms with Crippen molar-refractivity contribution in [2.24, 2.45) is 5.10 Å². The summed E-state index contributed by atoms with van der Waals surface area (Å²) >= 11 is 0. The lowest BCUT2D eigenvalue weighted by atomic mass is 10.2. The second-order valence-electron chi connectivity index (χ2n) is 6.48. The molecule has 4 rings (SSSR count). The van der Waals surface area contributed by atoms with Crippen LogP contribution in [0.3, 0.4) is 0 Å². The molecule has 150 valence electrons. The van der Waals surface area contributed by atoms with Gasteiger partial charge in [-0.15, -0.1) is 6.58 Å². The highest BCUT2D eigenvalue weighted by atomic mass is 16.5. The van der Waals surface area contributed by atoms with Gasteiger partial charge in [0.2, 0.25) is 0 Å². The number of benzene rings is 2. The number of carbonyl (C=O) groups is 1. The largest absolute Gasteiger partial charge is 0.497 e. The molecule has 0 aliphatic heterocycles. The molecule has 0 fully saturated rings. The maximum Gasteiger partial charge on any atom is 0.257 e. The maximum absolute atomic E-state index is 12.8. The smallest absolute Gasteiger partial charge is 0.257 e. The van der Waals surface area contributed by atoms with Crippen LogP contribution in [0.25, 0.3) is 22.2 Å². The molecule has 0 radical (unpaired) electrons. The highest BCUT2D eigenvalue weighted by molar-refractivity contribution is 6.10. The second-order valence-corrected chi connectivity index (χ2v) is 6.48. The van der Waals surface area contributed by atoms with E-state index in [-0.39, 0.29) is 17.3 Å². The van der Waals surface area contributed by atoms with Gasteiger partial charge in [-0.1, -0.05) is 30.3 Å². The Morgan fingerprint density at radius 3 is 2.73 bits per heavy atom. The fourth-order valence-electron chi connectivity index (χ4n) is 3.09. The Bertz CT molecular complexity index is 1290. The van der Waals surface area contributed by atoms with E-state index in [0.29, 0.717) is 34.5 Å². The van der Waals surface area contributed by atoms with Gasteiger partial charge in [-0.2, -0.15) is 9.78 Å². The molecule has 3 N–H and O–H groups in total. The first-order valence-electron chi connectivity index (χ1n) is 9.26. The molecule has 0 aliphatic rings. The molecule has 0 bridgehead atoms. The third-order valence-corrected chi connectivity index (χ3v) is 4.52. The number of methoxy groups -OCH3 is 1.